The Bertz CT molecular complexity index is 1210. The van der Waals surface area contributed by atoms with Crippen molar-refractivity contribution in [2.24, 2.45) is 0 Å². The number of aryl methyl sites for hydroxylation is 1. The van der Waals surface area contributed by atoms with E-state index in [9.17, 15) is 22.8 Å². The average molecular weight is 505 g/mol. The number of hydrogen-bond donors (Lipinski definition) is 2. The van der Waals surface area contributed by atoms with E-state index >= 15 is 0 Å². The van der Waals surface area contributed by atoms with Gasteiger partial charge in [-0.2, -0.15) is 5.10 Å². The van der Waals surface area contributed by atoms with Crippen LogP contribution in [0.15, 0.2) is 36.7 Å². The molecule has 0 saturated heterocycles. The summed E-state index contributed by atoms with van der Waals surface area (Å²) >= 11 is 0. The van der Waals surface area contributed by atoms with Crippen molar-refractivity contribution in [1.82, 2.24) is 30.2 Å². The fourth-order valence-electron chi connectivity index (χ4n) is 3.50. The first-order chi connectivity index (χ1) is 17.1. The number of carboxylic acids is 1. The average Bonchev–Trinajstić information content (AvgIpc) is 3.26. The molecule has 0 radical (unpaired) electrons. The van der Waals surface area contributed by atoms with Crippen LogP contribution in [-0.4, -0.2) is 65.4 Å². The van der Waals surface area contributed by atoms with Gasteiger partial charge in [-0.3, -0.25) is 9.78 Å². The molecule has 0 bridgehead atoms. The van der Waals surface area contributed by atoms with Gasteiger partial charge in [-0.05, 0) is 31.0 Å². The number of hydrogen-bond acceptors (Lipinski definition) is 8. The number of ether oxygens (including phenoxy) is 1. The normalized spacial score (nSPS) is 15.6. The van der Waals surface area contributed by atoms with Crippen LogP contribution in [0.2, 0.25) is 0 Å². The smallest absolute Gasteiger partial charge is 0.358 e. The zero-order chi connectivity index (χ0) is 25.7. The van der Waals surface area contributed by atoms with E-state index in [1.165, 1.54) is 18.3 Å². The molecule has 3 aromatic heterocycles. The van der Waals surface area contributed by atoms with Gasteiger partial charge in [-0.1, -0.05) is 5.21 Å². The number of carboxylic acid groups (broad SMARTS) is 1. The first-order valence-corrected chi connectivity index (χ1v) is 11.0. The van der Waals surface area contributed by atoms with E-state index in [1.54, 1.807) is 12.1 Å². The van der Waals surface area contributed by atoms with Crippen molar-refractivity contribution in [3.05, 3.63) is 53.7 Å². The number of halogens is 3. The van der Waals surface area contributed by atoms with Crippen LogP contribution < -0.4 is 10.1 Å². The van der Waals surface area contributed by atoms with Crippen LogP contribution in [0.3, 0.4) is 0 Å². The molecular weight excluding hydrogens is 483 g/mol. The SMILES string of the molecule is O=C(Cc1cc(OC2CC(F)(F)C2)ccn1)Nc1ccc(CCC(F)Cn2cc(C(=O)O)nn2)nn1. The number of rotatable bonds is 11. The third kappa shape index (κ3) is 6.96. The second-order valence-electron chi connectivity index (χ2n) is 8.39. The van der Waals surface area contributed by atoms with Gasteiger partial charge in [0.25, 0.3) is 5.92 Å². The summed E-state index contributed by atoms with van der Waals surface area (Å²) in [6, 6.07) is 6.21. The molecule has 1 aliphatic rings. The highest BCUT2D eigenvalue weighted by atomic mass is 19.3. The van der Waals surface area contributed by atoms with E-state index in [4.69, 9.17) is 9.84 Å². The van der Waals surface area contributed by atoms with E-state index in [1.807, 2.05) is 0 Å². The van der Waals surface area contributed by atoms with Crippen molar-refractivity contribution in [3.63, 3.8) is 0 Å². The van der Waals surface area contributed by atoms with E-state index in [-0.39, 0.29) is 50.2 Å². The van der Waals surface area contributed by atoms with E-state index in [2.05, 4.69) is 30.8 Å². The number of pyridine rings is 1. The molecule has 11 nitrogen and oxygen atoms in total. The predicted molar refractivity (Wildman–Crippen MR) is 117 cm³/mol. The Kier molecular flexibility index (Phi) is 7.41. The van der Waals surface area contributed by atoms with Gasteiger partial charge in [0.05, 0.1) is 30.6 Å². The molecule has 1 fully saturated rings. The number of nitrogens with one attached hydrogen (secondary N) is 1. The van der Waals surface area contributed by atoms with Crippen LogP contribution in [0, 0.1) is 0 Å². The molecule has 3 aromatic rings. The van der Waals surface area contributed by atoms with Crippen molar-refractivity contribution in [2.45, 2.75) is 56.8 Å². The summed E-state index contributed by atoms with van der Waals surface area (Å²) in [6.07, 6.45) is 0.355. The number of aromatic carboxylic acids is 1. The number of carbonyl (C=O) groups excluding carboxylic acids is 1. The van der Waals surface area contributed by atoms with E-state index < -0.39 is 30.1 Å². The van der Waals surface area contributed by atoms with Gasteiger partial charge in [0.1, 0.15) is 18.0 Å². The molecule has 0 spiro atoms. The Morgan fingerprint density at radius 1 is 1.19 bits per heavy atom. The Hall–Kier alpha value is -4.10. The van der Waals surface area contributed by atoms with Gasteiger partial charge in [0, 0.05) is 25.1 Å². The number of aromatic nitrogens is 6. The van der Waals surface area contributed by atoms with Gasteiger partial charge >= 0.3 is 5.97 Å². The summed E-state index contributed by atoms with van der Waals surface area (Å²) in [4.78, 5) is 27.2. The van der Waals surface area contributed by atoms with E-state index in [0.29, 0.717) is 17.1 Å². The Morgan fingerprint density at radius 2 is 2.00 bits per heavy atom. The van der Waals surface area contributed by atoms with Crippen LogP contribution >= 0.6 is 0 Å². The standard InChI is InChI=1S/C22H22F3N7O4/c23-13(11-32-12-18(21(34)35)29-31-32)1-2-14-3-4-19(30-28-14)27-20(33)8-15-7-16(5-6-26-15)36-17-9-22(24,25)10-17/h3-7,12-13,17H,1-2,8-11H2,(H,34,35)(H,27,30,33). The number of anilines is 1. The predicted octanol–water partition coefficient (Wildman–Crippen LogP) is 2.49. The molecule has 1 amide bonds. The molecule has 36 heavy (non-hydrogen) atoms. The van der Waals surface area contributed by atoms with Crippen molar-refractivity contribution < 1.29 is 32.6 Å². The molecule has 1 aliphatic carbocycles. The molecule has 1 saturated carbocycles. The maximum absolute atomic E-state index is 14.2. The van der Waals surface area contributed by atoms with Gasteiger partial charge in [0.15, 0.2) is 11.5 Å². The molecule has 0 aromatic carbocycles. The van der Waals surface area contributed by atoms with Gasteiger partial charge < -0.3 is 15.2 Å². The minimum atomic E-state index is -2.68. The first-order valence-electron chi connectivity index (χ1n) is 11.0. The van der Waals surface area contributed by atoms with Crippen LogP contribution in [0.25, 0.3) is 0 Å². The molecule has 14 heteroatoms. The molecule has 1 unspecified atom stereocenters. The molecule has 1 atom stereocenters. The second kappa shape index (κ2) is 10.7. The van der Waals surface area contributed by atoms with Gasteiger partial charge in [0.2, 0.25) is 5.91 Å². The lowest BCUT2D eigenvalue weighted by molar-refractivity contribution is -0.134. The largest absolute Gasteiger partial charge is 0.490 e. The van der Waals surface area contributed by atoms with Crippen molar-refractivity contribution in [2.75, 3.05) is 5.32 Å². The van der Waals surface area contributed by atoms with E-state index in [0.717, 1.165) is 10.9 Å². The quantitative estimate of drug-likeness (QED) is 0.401. The Balaban J connectivity index is 1.21. The van der Waals surface area contributed by atoms with Crippen LogP contribution in [0.4, 0.5) is 19.0 Å². The van der Waals surface area contributed by atoms with Crippen LogP contribution in [0.1, 0.15) is 41.1 Å². The zero-order valence-electron chi connectivity index (χ0n) is 18.9. The second-order valence-corrected chi connectivity index (χ2v) is 8.39. The molecule has 0 aliphatic heterocycles. The summed E-state index contributed by atoms with van der Waals surface area (Å²) < 4.78 is 46.7. The van der Waals surface area contributed by atoms with Crippen LogP contribution in [-0.2, 0) is 24.2 Å². The minimum Gasteiger partial charge on any atom is -0.490 e. The zero-order valence-corrected chi connectivity index (χ0v) is 18.9. The molecule has 190 valence electrons. The van der Waals surface area contributed by atoms with Crippen LogP contribution in [0.5, 0.6) is 5.75 Å². The lowest BCUT2D eigenvalue weighted by Gasteiger charge is -2.34. The van der Waals surface area contributed by atoms with Gasteiger partial charge in [-0.15, -0.1) is 10.2 Å². The minimum absolute atomic E-state index is 0.0864. The number of amides is 1. The molecular formula is C22H22F3N7O4. The maximum atomic E-state index is 14.2. The van der Waals surface area contributed by atoms with Gasteiger partial charge in [-0.25, -0.2) is 22.6 Å². The summed E-state index contributed by atoms with van der Waals surface area (Å²) in [5.41, 5.74) is 0.648. The number of carbonyl (C=O) groups is 2. The Morgan fingerprint density at radius 3 is 2.67 bits per heavy atom. The number of alkyl halides is 3. The lowest BCUT2D eigenvalue weighted by Crippen LogP contribution is -2.43. The third-order valence-corrected chi connectivity index (χ3v) is 5.33. The highest BCUT2D eigenvalue weighted by Gasteiger charge is 2.47. The number of nitrogens with zero attached hydrogens (tertiary/aromatic N) is 6. The summed E-state index contributed by atoms with van der Waals surface area (Å²) in [6.45, 7) is -0.144. The highest BCUT2D eigenvalue weighted by Crippen LogP contribution is 2.39. The topological polar surface area (TPSA) is 145 Å². The van der Waals surface area contributed by atoms with Crippen molar-refractivity contribution >= 4 is 17.7 Å². The Labute approximate surface area is 202 Å². The molecule has 4 rings (SSSR count). The third-order valence-electron chi connectivity index (χ3n) is 5.33. The fourth-order valence-corrected chi connectivity index (χ4v) is 3.50. The molecule has 3 heterocycles. The summed E-state index contributed by atoms with van der Waals surface area (Å²) in [5.74, 6) is -3.76. The van der Waals surface area contributed by atoms with Crippen molar-refractivity contribution in [1.29, 1.82) is 0 Å². The van der Waals surface area contributed by atoms with Crippen molar-refractivity contribution in [3.8, 4) is 5.75 Å². The molecule has 2 N–H and O–H groups in total. The fraction of sp³-hybridized carbons (Fsp3) is 0.409. The maximum Gasteiger partial charge on any atom is 0.358 e. The summed E-state index contributed by atoms with van der Waals surface area (Å²) in [7, 11) is 0. The lowest BCUT2D eigenvalue weighted by atomic mass is 9.91. The monoisotopic (exact) mass is 505 g/mol. The highest BCUT2D eigenvalue weighted by molar-refractivity contribution is 5.91. The first kappa shape index (κ1) is 25.0. The summed E-state index contributed by atoms with van der Waals surface area (Å²) in [5, 5.41) is 26.3.